The summed E-state index contributed by atoms with van der Waals surface area (Å²) in [6.07, 6.45) is -4.45. The number of carbonyl (C=O) groups excluding carboxylic acids is 2. The molecule has 0 spiro atoms. The monoisotopic (exact) mass is 423 g/mol. The number of halogens is 3. The Labute approximate surface area is 168 Å². The molecule has 2 heterocycles. The van der Waals surface area contributed by atoms with Crippen molar-refractivity contribution in [2.75, 3.05) is 7.11 Å². The average molecular weight is 423 g/mol. The van der Waals surface area contributed by atoms with E-state index in [2.05, 4.69) is 19.9 Å². The van der Waals surface area contributed by atoms with Gasteiger partial charge in [0.15, 0.2) is 6.61 Å². The van der Waals surface area contributed by atoms with Crippen molar-refractivity contribution in [3.63, 3.8) is 0 Å². The van der Waals surface area contributed by atoms with E-state index < -0.39 is 23.7 Å². The lowest BCUT2D eigenvalue weighted by atomic mass is 10.1. The van der Waals surface area contributed by atoms with Gasteiger partial charge in [-0.25, -0.2) is 9.59 Å². The summed E-state index contributed by atoms with van der Waals surface area (Å²) in [6, 6.07) is 4.23. The molecule has 0 amide bonds. The maximum atomic E-state index is 12.6. The van der Waals surface area contributed by atoms with Crippen LogP contribution in [0.5, 0.6) is 0 Å². The quantitative estimate of drug-likeness (QED) is 0.621. The number of esters is 2. The summed E-state index contributed by atoms with van der Waals surface area (Å²) in [5.74, 6) is -1.33. The minimum atomic E-state index is -4.45. The molecule has 0 saturated carbocycles. The van der Waals surface area contributed by atoms with Crippen LogP contribution in [0.25, 0.3) is 11.4 Å². The summed E-state index contributed by atoms with van der Waals surface area (Å²) in [7, 11) is 1.23. The number of hydrogen-bond acceptors (Lipinski definition) is 7. The standard InChI is InChI=1S/C19H16F3N3O5/c1-9-14(17(26)28-3)10(2)23-15(9)18(27)29-8-13-24-16(25-30-13)11-4-6-12(7-5-11)19(20,21)22/h4-7,23H,8H2,1-3H3. The van der Waals surface area contributed by atoms with Crippen molar-refractivity contribution >= 4 is 11.9 Å². The van der Waals surface area contributed by atoms with E-state index in [1.807, 2.05) is 0 Å². The SMILES string of the molecule is COC(=O)c1c(C)[nH]c(C(=O)OCc2nc(-c3ccc(C(F)(F)F)cc3)no2)c1C. The van der Waals surface area contributed by atoms with Crippen LogP contribution in [-0.2, 0) is 22.3 Å². The van der Waals surface area contributed by atoms with Crippen LogP contribution in [-0.4, -0.2) is 34.2 Å². The Morgan fingerprint density at radius 2 is 1.80 bits per heavy atom. The highest BCUT2D eigenvalue weighted by atomic mass is 19.4. The van der Waals surface area contributed by atoms with E-state index in [1.165, 1.54) is 19.2 Å². The Hall–Kier alpha value is -3.63. The van der Waals surface area contributed by atoms with Crippen LogP contribution in [0.2, 0.25) is 0 Å². The maximum Gasteiger partial charge on any atom is 0.416 e. The van der Waals surface area contributed by atoms with Gasteiger partial charge in [0.05, 0.1) is 18.2 Å². The Morgan fingerprint density at radius 3 is 2.40 bits per heavy atom. The molecule has 0 aliphatic rings. The van der Waals surface area contributed by atoms with Gasteiger partial charge in [0.2, 0.25) is 5.82 Å². The topological polar surface area (TPSA) is 107 Å². The molecular weight excluding hydrogens is 407 g/mol. The zero-order chi connectivity index (χ0) is 22.1. The molecule has 0 unspecified atom stereocenters. The molecule has 0 aliphatic heterocycles. The first-order chi connectivity index (χ1) is 14.1. The highest BCUT2D eigenvalue weighted by molar-refractivity contribution is 5.98. The van der Waals surface area contributed by atoms with Crippen LogP contribution in [0.15, 0.2) is 28.8 Å². The number of nitrogens with zero attached hydrogens (tertiary/aromatic N) is 2. The lowest BCUT2D eigenvalue weighted by Gasteiger charge is -2.05. The van der Waals surface area contributed by atoms with Gasteiger partial charge in [0.25, 0.3) is 5.89 Å². The van der Waals surface area contributed by atoms with Crippen molar-refractivity contribution < 1.29 is 36.8 Å². The normalized spacial score (nSPS) is 11.4. The number of hydrogen-bond donors (Lipinski definition) is 1. The van der Waals surface area contributed by atoms with E-state index in [0.29, 0.717) is 16.8 Å². The fourth-order valence-corrected chi connectivity index (χ4v) is 2.80. The van der Waals surface area contributed by atoms with Gasteiger partial charge < -0.3 is 19.0 Å². The molecule has 3 rings (SSSR count). The fraction of sp³-hybridized carbons (Fsp3) is 0.263. The summed E-state index contributed by atoms with van der Waals surface area (Å²) in [4.78, 5) is 30.9. The van der Waals surface area contributed by atoms with Crippen LogP contribution in [0.4, 0.5) is 13.2 Å². The predicted molar refractivity (Wildman–Crippen MR) is 95.5 cm³/mol. The van der Waals surface area contributed by atoms with Crippen molar-refractivity contribution in [1.82, 2.24) is 15.1 Å². The molecule has 158 valence electrons. The summed E-state index contributed by atoms with van der Waals surface area (Å²) in [5.41, 5.74) is 0.658. The molecule has 3 aromatic rings. The van der Waals surface area contributed by atoms with Crippen LogP contribution in [0.3, 0.4) is 0 Å². The van der Waals surface area contributed by atoms with Gasteiger partial charge >= 0.3 is 18.1 Å². The van der Waals surface area contributed by atoms with Crippen LogP contribution in [0.1, 0.15) is 43.6 Å². The van der Waals surface area contributed by atoms with Crippen molar-refractivity contribution in [1.29, 1.82) is 0 Å². The number of aryl methyl sites for hydroxylation is 1. The van der Waals surface area contributed by atoms with Gasteiger partial charge in [0.1, 0.15) is 5.69 Å². The molecule has 0 bridgehead atoms. The number of rotatable bonds is 5. The first-order valence-corrected chi connectivity index (χ1v) is 8.56. The smallest absolute Gasteiger partial charge is 0.416 e. The summed E-state index contributed by atoms with van der Waals surface area (Å²) >= 11 is 0. The van der Waals surface area contributed by atoms with E-state index in [4.69, 9.17) is 9.26 Å². The molecule has 11 heteroatoms. The Morgan fingerprint density at radius 1 is 1.13 bits per heavy atom. The number of alkyl halides is 3. The number of ether oxygens (including phenoxy) is 2. The number of methoxy groups -OCH3 is 1. The first-order valence-electron chi connectivity index (χ1n) is 8.56. The molecule has 0 fully saturated rings. The molecule has 0 saturated heterocycles. The minimum Gasteiger partial charge on any atom is -0.465 e. The number of carbonyl (C=O) groups is 2. The fourth-order valence-electron chi connectivity index (χ4n) is 2.80. The van der Waals surface area contributed by atoms with Gasteiger partial charge in [-0.05, 0) is 31.5 Å². The molecule has 2 aromatic heterocycles. The van der Waals surface area contributed by atoms with Crippen molar-refractivity contribution in [2.45, 2.75) is 26.6 Å². The van der Waals surface area contributed by atoms with Crippen LogP contribution >= 0.6 is 0 Å². The van der Waals surface area contributed by atoms with Gasteiger partial charge in [-0.3, -0.25) is 0 Å². The average Bonchev–Trinajstić information content (AvgIpc) is 3.29. The molecule has 8 nitrogen and oxygen atoms in total. The number of nitrogens with one attached hydrogen (secondary N) is 1. The van der Waals surface area contributed by atoms with Crippen LogP contribution in [0, 0.1) is 13.8 Å². The van der Waals surface area contributed by atoms with E-state index in [9.17, 15) is 22.8 Å². The minimum absolute atomic E-state index is 0.0487. The third-order valence-corrected chi connectivity index (χ3v) is 4.30. The highest BCUT2D eigenvalue weighted by Gasteiger charge is 2.30. The maximum absolute atomic E-state index is 12.6. The molecule has 0 aliphatic carbocycles. The lowest BCUT2D eigenvalue weighted by molar-refractivity contribution is -0.137. The van der Waals surface area contributed by atoms with Gasteiger partial charge in [-0.15, -0.1) is 0 Å². The molecule has 0 atom stereocenters. The largest absolute Gasteiger partial charge is 0.465 e. The zero-order valence-corrected chi connectivity index (χ0v) is 16.1. The van der Waals surface area contributed by atoms with Gasteiger partial charge in [0, 0.05) is 11.3 Å². The second-order valence-corrected chi connectivity index (χ2v) is 6.28. The van der Waals surface area contributed by atoms with E-state index >= 15 is 0 Å². The highest BCUT2D eigenvalue weighted by Crippen LogP contribution is 2.30. The molecule has 1 aromatic carbocycles. The molecule has 30 heavy (non-hydrogen) atoms. The third kappa shape index (κ3) is 4.19. The van der Waals surface area contributed by atoms with E-state index in [-0.39, 0.29) is 29.6 Å². The first kappa shape index (κ1) is 21.1. The van der Waals surface area contributed by atoms with Crippen molar-refractivity contribution in [3.05, 3.63) is 58.2 Å². The second-order valence-electron chi connectivity index (χ2n) is 6.28. The number of H-pyrrole nitrogens is 1. The molecule has 1 N–H and O–H groups in total. The molecular formula is C19H16F3N3O5. The van der Waals surface area contributed by atoms with E-state index in [1.54, 1.807) is 13.8 Å². The Kier molecular flexibility index (Phi) is 5.63. The second kappa shape index (κ2) is 8.01. The third-order valence-electron chi connectivity index (χ3n) is 4.30. The summed E-state index contributed by atoms with van der Waals surface area (Å²) in [5, 5.41) is 3.67. The number of benzene rings is 1. The van der Waals surface area contributed by atoms with Crippen LogP contribution < -0.4 is 0 Å². The molecule has 0 radical (unpaired) electrons. The number of aromatic amines is 1. The number of aromatic nitrogens is 3. The van der Waals surface area contributed by atoms with Crippen molar-refractivity contribution in [2.24, 2.45) is 0 Å². The summed E-state index contributed by atoms with van der Waals surface area (Å²) in [6.45, 7) is 2.82. The Balaban J connectivity index is 1.69. The van der Waals surface area contributed by atoms with E-state index in [0.717, 1.165) is 12.1 Å². The van der Waals surface area contributed by atoms with Gasteiger partial charge in [-0.2, -0.15) is 18.2 Å². The van der Waals surface area contributed by atoms with Crippen molar-refractivity contribution in [3.8, 4) is 11.4 Å². The Bertz CT molecular complexity index is 1080. The zero-order valence-electron chi connectivity index (χ0n) is 16.1. The predicted octanol–water partition coefficient (Wildman–Crippen LogP) is 3.84. The summed E-state index contributed by atoms with van der Waals surface area (Å²) < 4.78 is 52.7. The lowest BCUT2D eigenvalue weighted by Crippen LogP contribution is -2.08. The van der Waals surface area contributed by atoms with Gasteiger partial charge in [-0.1, -0.05) is 17.3 Å².